The Balaban J connectivity index is 0.000000111. The molecule has 0 saturated carbocycles. The third-order valence-corrected chi connectivity index (χ3v) is 32.9. The molecule has 7 heteroatoms. The summed E-state index contributed by atoms with van der Waals surface area (Å²) >= 11 is 3.71. The molecule has 0 unspecified atom stereocenters. The van der Waals surface area contributed by atoms with Crippen LogP contribution >= 0.6 is 22.7 Å². The number of hydrogen-bond donors (Lipinski definition) is 0. The Labute approximate surface area is 874 Å². The molecule has 706 valence electrons. The number of fused-ring (bicyclic) bond motifs is 19. The highest BCUT2D eigenvalue weighted by Gasteiger charge is 2.38. The fourth-order valence-corrected chi connectivity index (χ4v) is 25.2. The van der Waals surface area contributed by atoms with E-state index in [9.17, 15) is 0 Å². The standard InChI is InChI=1S/C54H35NOS.C46H29NOS.C42H35N/c1-3-12-36(13-4-1)41-32-42(37-14-5-2-6-15-37)34-45(33-41)55(43-27-22-38(23-28-43)40-26-31-53-50(35-40)48-17-8-10-21-52(48)57-53)44-29-24-39(25-30-44)46-18-11-19-49-47-16-7-9-20-51(47)56-54(46)49;1-2-9-33-28-37(26-18-30(33)8-1)47(35-22-16-31(17-23-35)34-21-27-45-42(29-34)40-11-4-6-15-44(40)49-45)36-24-19-32(20-25-36)38-12-7-13-41-39-10-3-5-14-43(39)48-46(38)41;1-41(2)38-17-11-9-15-34(38)36-26-29(20-25-39(36)41)28-18-21-31(22-19-28)43(30-12-6-5-7-13-30)32-23-24-35-33-14-8-10-16-37(33)42(3,4)40(35)27-32/h1-35H;1-29H;5-27H,1-4H3. The predicted octanol–water partition coefficient (Wildman–Crippen LogP) is 41.4. The fraction of sp³-hybridized carbons (Fsp3) is 0.0423. The van der Waals surface area contributed by atoms with Gasteiger partial charge in [0.25, 0.3) is 0 Å². The zero-order valence-electron chi connectivity index (χ0n) is 82.7. The Hall–Kier alpha value is -18.2. The van der Waals surface area contributed by atoms with Crippen LogP contribution in [0.2, 0.25) is 0 Å². The minimum Gasteiger partial charge on any atom is -0.455 e. The van der Waals surface area contributed by atoms with Gasteiger partial charge in [0, 0.05) is 135 Å². The van der Waals surface area contributed by atoms with Gasteiger partial charge < -0.3 is 23.5 Å². The van der Waals surface area contributed by atoms with Gasteiger partial charge in [-0.05, 0) is 292 Å². The highest BCUT2D eigenvalue weighted by molar-refractivity contribution is 7.26. The highest BCUT2D eigenvalue weighted by Crippen LogP contribution is 2.55. The van der Waals surface area contributed by atoms with Crippen molar-refractivity contribution in [2.24, 2.45) is 0 Å². The molecule has 29 rings (SSSR count). The lowest BCUT2D eigenvalue weighted by Crippen LogP contribution is -2.16. The van der Waals surface area contributed by atoms with Crippen LogP contribution in [-0.2, 0) is 10.8 Å². The molecule has 2 aliphatic carbocycles. The van der Waals surface area contributed by atoms with E-state index in [4.69, 9.17) is 8.83 Å². The molecular formula is C142H99N3O2S2. The number of nitrogens with zero attached hydrogens (tertiary/aromatic N) is 3. The molecule has 5 nitrogen and oxygen atoms in total. The van der Waals surface area contributed by atoms with Gasteiger partial charge in [-0.25, -0.2) is 0 Å². The van der Waals surface area contributed by atoms with Gasteiger partial charge in [-0.1, -0.05) is 386 Å². The van der Waals surface area contributed by atoms with Crippen molar-refractivity contribution in [3.8, 4) is 100 Å². The number of benzene rings is 23. The second-order valence-electron chi connectivity index (χ2n) is 40.1. The Morgan fingerprint density at radius 2 is 0.483 bits per heavy atom. The molecule has 0 aliphatic heterocycles. The number of rotatable bonds is 16. The Kier molecular flexibility index (Phi) is 22.3. The monoisotopic (exact) mass is 1940 g/mol. The van der Waals surface area contributed by atoms with Gasteiger partial charge in [-0.3, -0.25) is 0 Å². The van der Waals surface area contributed by atoms with Crippen molar-refractivity contribution >= 4 is 169 Å². The van der Waals surface area contributed by atoms with E-state index in [0.29, 0.717) is 0 Å². The van der Waals surface area contributed by atoms with Crippen LogP contribution in [-0.4, -0.2) is 0 Å². The summed E-state index contributed by atoms with van der Waals surface area (Å²) < 4.78 is 18.1. The first-order valence-electron chi connectivity index (χ1n) is 51.2. The van der Waals surface area contributed by atoms with Crippen molar-refractivity contribution < 1.29 is 8.83 Å². The second-order valence-corrected chi connectivity index (χ2v) is 42.3. The molecule has 0 amide bonds. The largest absolute Gasteiger partial charge is 0.455 e. The SMILES string of the molecule is CC1(C)c2ccccc2-c2cc(-c3ccc(N(c4ccccc4)c4ccc5c(c4)C(C)(C)c4ccccc4-5)cc3)ccc21.c1ccc(-c2cc(-c3ccccc3)cc(N(c3ccc(-c4ccc5sc6ccccc6c5c4)cc3)c3ccc(-c4cccc5c4oc4ccccc45)cc3)c2)cc1.c1ccc2cc(N(c3ccc(-c4ccc5sc6ccccc6c5c4)cc3)c3ccc(-c4cccc5c4oc4ccccc45)cc3)ccc2c1. The molecule has 27 aromatic rings. The normalized spacial score (nSPS) is 12.5. The minimum atomic E-state index is -0.0467. The highest BCUT2D eigenvalue weighted by atomic mass is 32.1. The van der Waals surface area contributed by atoms with E-state index in [0.717, 1.165) is 123 Å². The van der Waals surface area contributed by atoms with Gasteiger partial charge in [-0.15, -0.1) is 22.7 Å². The van der Waals surface area contributed by atoms with Crippen molar-refractivity contribution in [1.82, 2.24) is 0 Å². The maximum atomic E-state index is 6.44. The molecule has 149 heavy (non-hydrogen) atoms. The molecule has 0 spiro atoms. The molecule has 4 heterocycles. The van der Waals surface area contributed by atoms with Crippen LogP contribution in [0, 0.1) is 0 Å². The summed E-state index contributed by atoms with van der Waals surface area (Å²) in [5, 5.41) is 12.3. The van der Waals surface area contributed by atoms with Crippen molar-refractivity contribution in [2.45, 2.75) is 38.5 Å². The van der Waals surface area contributed by atoms with Crippen LogP contribution in [0.4, 0.5) is 51.2 Å². The lowest BCUT2D eigenvalue weighted by atomic mass is 9.82. The lowest BCUT2D eigenvalue weighted by Gasteiger charge is -2.28. The zero-order chi connectivity index (χ0) is 99.4. The second kappa shape index (κ2) is 37.1. The van der Waals surface area contributed by atoms with Gasteiger partial charge in [0.05, 0.1) is 0 Å². The van der Waals surface area contributed by atoms with E-state index in [1.54, 1.807) is 0 Å². The van der Waals surface area contributed by atoms with Gasteiger partial charge >= 0.3 is 0 Å². The molecule has 0 N–H and O–H groups in total. The van der Waals surface area contributed by atoms with Crippen LogP contribution in [0.3, 0.4) is 0 Å². The van der Waals surface area contributed by atoms with E-state index < -0.39 is 0 Å². The van der Waals surface area contributed by atoms with Crippen LogP contribution in [0.5, 0.6) is 0 Å². The predicted molar refractivity (Wildman–Crippen MR) is 634 cm³/mol. The lowest BCUT2D eigenvalue weighted by molar-refractivity contribution is 0.660. The Bertz CT molecular complexity index is 9770. The molecule has 0 bridgehead atoms. The summed E-state index contributed by atoms with van der Waals surface area (Å²) in [6.45, 7) is 9.37. The Morgan fingerprint density at radius 1 is 0.161 bits per heavy atom. The van der Waals surface area contributed by atoms with E-state index in [-0.39, 0.29) is 10.8 Å². The first kappa shape index (κ1) is 89.6. The summed E-state index contributed by atoms with van der Waals surface area (Å²) in [5.41, 5.74) is 41.1. The molecule has 0 fully saturated rings. The molecule has 0 radical (unpaired) electrons. The zero-order valence-corrected chi connectivity index (χ0v) is 84.3. The van der Waals surface area contributed by atoms with E-state index in [1.807, 2.05) is 46.9 Å². The quantitative estimate of drug-likeness (QED) is 0.0963. The molecular weight excluding hydrogens is 1840 g/mol. The molecule has 4 aromatic heterocycles. The number of anilines is 9. The first-order chi connectivity index (χ1) is 73.3. The summed E-state index contributed by atoms with van der Waals surface area (Å²) in [4.78, 5) is 7.10. The van der Waals surface area contributed by atoms with Crippen molar-refractivity contribution in [1.29, 1.82) is 0 Å². The number of para-hydroxylation sites is 5. The van der Waals surface area contributed by atoms with Gasteiger partial charge in [0.1, 0.15) is 22.3 Å². The summed E-state index contributed by atoms with van der Waals surface area (Å²) in [6, 6.07) is 191. The first-order valence-corrected chi connectivity index (χ1v) is 52.8. The van der Waals surface area contributed by atoms with Gasteiger partial charge in [-0.2, -0.15) is 0 Å². The summed E-state index contributed by atoms with van der Waals surface area (Å²) in [5.74, 6) is 0. The van der Waals surface area contributed by atoms with Crippen LogP contribution in [0.1, 0.15) is 49.9 Å². The van der Waals surface area contributed by atoms with Crippen LogP contribution < -0.4 is 14.7 Å². The Morgan fingerprint density at radius 3 is 0.980 bits per heavy atom. The molecule has 23 aromatic carbocycles. The summed E-state index contributed by atoms with van der Waals surface area (Å²) in [7, 11) is 0. The minimum absolute atomic E-state index is 0.0241. The number of furan rings is 2. The van der Waals surface area contributed by atoms with Crippen LogP contribution in [0.25, 0.3) is 195 Å². The van der Waals surface area contributed by atoms with Crippen molar-refractivity contribution in [3.05, 3.63) is 550 Å². The maximum Gasteiger partial charge on any atom is 0.143 e. The molecule has 0 saturated heterocycles. The molecule has 2 aliphatic rings. The average molecular weight is 1940 g/mol. The third-order valence-electron chi connectivity index (χ3n) is 30.6. The molecule has 0 atom stereocenters. The van der Waals surface area contributed by atoms with E-state index in [2.05, 4.69) is 546 Å². The van der Waals surface area contributed by atoms with E-state index in [1.165, 1.54) is 146 Å². The number of hydrogen-bond acceptors (Lipinski definition) is 7. The van der Waals surface area contributed by atoms with Gasteiger partial charge in [0.2, 0.25) is 0 Å². The average Bonchev–Trinajstić information content (AvgIpc) is 1.58. The fourth-order valence-electron chi connectivity index (χ4n) is 23.0. The van der Waals surface area contributed by atoms with Crippen molar-refractivity contribution in [3.63, 3.8) is 0 Å². The smallest absolute Gasteiger partial charge is 0.143 e. The maximum absolute atomic E-state index is 6.44. The van der Waals surface area contributed by atoms with Gasteiger partial charge in [0.15, 0.2) is 0 Å². The third kappa shape index (κ3) is 16.2. The summed E-state index contributed by atoms with van der Waals surface area (Å²) in [6.07, 6.45) is 0. The van der Waals surface area contributed by atoms with E-state index >= 15 is 0 Å². The number of thiophene rings is 2. The topological polar surface area (TPSA) is 36.0 Å². The van der Waals surface area contributed by atoms with Crippen molar-refractivity contribution in [2.75, 3.05) is 14.7 Å². The van der Waals surface area contributed by atoms with Crippen LogP contribution in [0.15, 0.2) is 537 Å².